The predicted octanol–water partition coefficient (Wildman–Crippen LogP) is 0.585. The van der Waals surface area contributed by atoms with E-state index >= 15 is 0 Å². The molecule has 6 atom stereocenters. The maximum atomic E-state index is 10.1. The molecule has 3 aliphatic heterocycles. The number of aliphatic hydroxyl groups is 1. The molecule has 4 rings (SSSR count). The van der Waals surface area contributed by atoms with Gasteiger partial charge in [-0.05, 0) is 0 Å². The van der Waals surface area contributed by atoms with Crippen LogP contribution in [-0.2, 0) is 18.9 Å². The van der Waals surface area contributed by atoms with Gasteiger partial charge in [-0.3, -0.25) is 0 Å². The van der Waals surface area contributed by atoms with Gasteiger partial charge in [0, 0.05) is 5.56 Å². The lowest BCUT2D eigenvalue weighted by Crippen LogP contribution is -2.52. The van der Waals surface area contributed by atoms with Gasteiger partial charge in [-0.1, -0.05) is 30.3 Å². The van der Waals surface area contributed by atoms with Crippen molar-refractivity contribution >= 4 is 0 Å². The lowest BCUT2D eigenvalue weighted by atomic mass is 10.0. The predicted molar refractivity (Wildman–Crippen MR) is 59.5 cm³/mol. The standard InChI is InChI=1S/C13H14O5/c14-9-8-6-15-13(16-8)11-10(9)17-12(18-11)7-4-2-1-3-5-7/h1-5,8-14H,6H2/t8-,9+,10+,11+,12-,13+/m0/s1. The normalized spacial score (nSPS) is 46.1. The molecule has 0 aromatic heterocycles. The van der Waals surface area contributed by atoms with Crippen LogP contribution in [0.4, 0.5) is 0 Å². The van der Waals surface area contributed by atoms with Gasteiger partial charge in [-0.25, -0.2) is 0 Å². The summed E-state index contributed by atoms with van der Waals surface area (Å²) in [5, 5.41) is 10.1. The van der Waals surface area contributed by atoms with Gasteiger partial charge in [0.2, 0.25) is 0 Å². The Morgan fingerprint density at radius 3 is 2.61 bits per heavy atom. The van der Waals surface area contributed by atoms with Crippen LogP contribution < -0.4 is 0 Å². The van der Waals surface area contributed by atoms with E-state index in [1.54, 1.807) is 0 Å². The summed E-state index contributed by atoms with van der Waals surface area (Å²) >= 11 is 0. The van der Waals surface area contributed by atoms with Crippen LogP contribution in [0.15, 0.2) is 30.3 Å². The first-order valence-corrected chi connectivity index (χ1v) is 6.14. The minimum Gasteiger partial charge on any atom is -0.387 e. The monoisotopic (exact) mass is 250 g/mol. The summed E-state index contributed by atoms with van der Waals surface area (Å²) in [6.07, 6.45) is -2.60. The minimum atomic E-state index is -0.692. The maximum Gasteiger partial charge on any atom is 0.187 e. The molecule has 3 saturated heterocycles. The van der Waals surface area contributed by atoms with Gasteiger partial charge >= 0.3 is 0 Å². The lowest BCUT2D eigenvalue weighted by molar-refractivity contribution is -0.194. The summed E-state index contributed by atoms with van der Waals surface area (Å²) < 4.78 is 22.6. The Bertz CT molecular complexity index is 430. The summed E-state index contributed by atoms with van der Waals surface area (Å²) in [6, 6.07) is 9.68. The van der Waals surface area contributed by atoms with Gasteiger partial charge < -0.3 is 24.1 Å². The largest absolute Gasteiger partial charge is 0.387 e. The highest BCUT2D eigenvalue weighted by molar-refractivity contribution is 5.17. The molecule has 18 heavy (non-hydrogen) atoms. The molecule has 0 saturated carbocycles. The molecule has 5 heteroatoms. The summed E-state index contributed by atoms with van der Waals surface area (Å²) in [6.45, 7) is 0.404. The molecule has 3 heterocycles. The van der Waals surface area contributed by atoms with Crippen LogP contribution in [0.3, 0.4) is 0 Å². The van der Waals surface area contributed by atoms with Crippen molar-refractivity contribution in [2.45, 2.75) is 37.0 Å². The van der Waals surface area contributed by atoms with Crippen molar-refractivity contribution in [1.29, 1.82) is 0 Å². The van der Waals surface area contributed by atoms with E-state index < -0.39 is 18.7 Å². The number of hydrogen-bond acceptors (Lipinski definition) is 5. The van der Waals surface area contributed by atoms with Crippen molar-refractivity contribution < 1.29 is 24.1 Å². The topological polar surface area (TPSA) is 57.2 Å². The van der Waals surface area contributed by atoms with Crippen molar-refractivity contribution in [3.63, 3.8) is 0 Å². The van der Waals surface area contributed by atoms with E-state index in [2.05, 4.69) is 0 Å². The molecule has 3 aliphatic rings. The van der Waals surface area contributed by atoms with E-state index in [1.165, 1.54) is 0 Å². The number of hydrogen-bond donors (Lipinski definition) is 1. The van der Waals surface area contributed by atoms with Crippen molar-refractivity contribution in [1.82, 2.24) is 0 Å². The molecule has 1 aromatic carbocycles. The van der Waals surface area contributed by atoms with E-state index in [9.17, 15) is 5.11 Å². The average molecular weight is 250 g/mol. The highest BCUT2D eigenvalue weighted by atomic mass is 16.8. The van der Waals surface area contributed by atoms with E-state index in [0.29, 0.717) is 6.61 Å². The fraction of sp³-hybridized carbons (Fsp3) is 0.538. The van der Waals surface area contributed by atoms with E-state index in [-0.39, 0.29) is 18.3 Å². The molecule has 0 spiro atoms. The number of fused-ring (bicyclic) bond motifs is 4. The average Bonchev–Trinajstić information content (AvgIpc) is 3.04. The van der Waals surface area contributed by atoms with Crippen LogP contribution >= 0.6 is 0 Å². The van der Waals surface area contributed by atoms with Gasteiger partial charge in [0.15, 0.2) is 12.6 Å². The van der Waals surface area contributed by atoms with Gasteiger partial charge in [-0.15, -0.1) is 0 Å². The van der Waals surface area contributed by atoms with Crippen LogP contribution in [0, 0.1) is 0 Å². The summed E-state index contributed by atoms with van der Waals surface area (Å²) in [7, 11) is 0. The molecule has 0 radical (unpaired) electrons. The van der Waals surface area contributed by atoms with Crippen LogP contribution in [0.1, 0.15) is 11.9 Å². The third-order valence-electron chi connectivity index (χ3n) is 3.68. The first-order valence-electron chi connectivity index (χ1n) is 6.14. The number of rotatable bonds is 1. The van der Waals surface area contributed by atoms with E-state index in [1.807, 2.05) is 30.3 Å². The highest BCUT2D eigenvalue weighted by Gasteiger charge is 2.56. The summed E-state index contributed by atoms with van der Waals surface area (Å²) in [5.41, 5.74) is 0.940. The zero-order chi connectivity index (χ0) is 12.1. The summed E-state index contributed by atoms with van der Waals surface area (Å²) in [4.78, 5) is 0. The van der Waals surface area contributed by atoms with Gasteiger partial charge in [-0.2, -0.15) is 0 Å². The van der Waals surface area contributed by atoms with Crippen molar-refractivity contribution in [2.75, 3.05) is 6.61 Å². The molecule has 0 unspecified atom stereocenters. The first kappa shape index (κ1) is 10.9. The Hall–Kier alpha value is -0.980. The van der Waals surface area contributed by atoms with E-state index in [0.717, 1.165) is 5.56 Å². The highest BCUT2D eigenvalue weighted by Crippen LogP contribution is 2.41. The van der Waals surface area contributed by atoms with Crippen LogP contribution in [0.5, 0.6) is 0 Å². The lowest BCUT2D eigenvalue weighted by Gasteiger charge is -2.31. The quantitative estimate of drug-likeness (QED) is 0.790. The van der Waals surface area contributed by atoms with Gasteiger partial charge in [0.05, 0.1) is 6.61 Å². The molecule has 1 aromatic rings. The Kier molecular flexibility index (Phi) is 2.43. The fourth-order valence-electron chi connectivity index (χ4n) is 2.74. The third kappa shape index (κ3) is 1.52. The Morgan fingerprint density at radius 1 is 1.00 bits per heavy atom. The van der Waals surface area contributed by atoms with Gasteiger partial charge in [0.1, 0.15) is 24.4 Å². The van der Waals surface area contributed by atoms with Gasteiger partial charge in [0.25, 0.3) is 0 Å². The molecule has 0 amide bonds. The molecule has 96 valence electrons. The molecule has 2 bridgehead atoms. The fourth-order valence-corrected chi connectivity index (χ4v) is 2.74. The Labute approximate surface area is 104 Å². The van der Waals surface area contributed by atoms with Crippen molar-refractivity contribution in [3.05, 3.63) is 35.9 Å². The molecular formula is C13H14O5. The van der Waals surface area contributed by atoms with Crippen LogP contribution in [0.2, 0.25) is 0 Å². The maximum absolute atomic E-state index is 10.1. The minimum absolute atomic E-state index is 0.297. The number of aliphatic hydroxyl groups excluding tert-OH is 1. The zero-order valence-electron chi connectivity index (χ0n) is 9.64. The smallest absolute Gasteiger partial charge is 0.187 e. The van der Waals surface area contributed by atoms with Crippen LogP contribution in [-0.4, -0.2) is 42.4 Å². The second kappa shape index (κ2) is 4.01. The molecule has 5 nitrogen and oxygen atoms in total. The second-order valence-electron chi connectivity index (χ2n) is 4.81. The third-order valence-corrected chi connectivity index (χ3v) is 3.68. The van der Waals surface area contributed by atoms with E-state index in [4.69, 9.17) is 18.9 Å². The Morgan fingerprint density at radius 2 is 1.78 bits per heavy atom. The SMILES string of the molecule is O[C@H]1[C@H]2O[C@H](c3ccccc3)O[C@H]2[C@@H]2OC[C@@H]1O2. The van der Waals surface area contributed by atoms with Crippen LogP contribution in [0.25, 0.3) is 0 Å². The molecule has 0 aliphatic carbocycles. The molecule has 1 N–H and O–H groups in total. The first-order chi connectivity index (χ1) is 8.83. The number of benzene rings is 1. The zero-order valence-corrected chi connectivity index (χ0v) is 9.64. The van der Waals surface area contributed by atoms with Crippen molar-refractivity contribution in [3.8, 4) is 0 Å². The molecular weight excluding hydrogens is 236 g/mol. The Balaban J connectivity index is 1.60. The number of ether oxygens (including phenoxy) is 4. The molecule has 3 fully saturated rings. The van der Waals surface area contributed by atoms with Crippen molar-refractivity contribution in [2.24, 2.45) is 0 Å². The second-order valence-corrected chi connectivity index (χ2v) is 4.81. The summed E-state index contributed by atoms with van der Waals surface area (Å²) in [5.74, 6) is 0.